The molecule has 3 aromatic carbocycles. The number of carbonyl (C=O) groups excluding carboxylic acids is 3. The molecule has 0 saturated carbocycles. The number of carbonyl (C=O) groups is 3. The second-order valence-electron chi connectivity index (χ2n) is 7.35. The standard InChI is InChI=1S/C25H19ClF3N3O6/c1-36-19-6-4-3-5-16(19)24(35)38-20-10-7-14(11-21(20)37-2)13-30-32-23(34)22(33)31-18-12-15(25(27,28)29)8-9-17(18)26/h3-13H,1-2H3,(H,31,33)(H,32,34)/b30-13+. The molecule has 198 valence electrons. The van der Waals surface area contributed by atoms with E-state index in [1.54, 1.807) is 18.2 Å². The van der Waals surface area contributed by atoms with E-state index in [-0.39, 0.29) is 22.1 Å². The largest absolute Gasteiger partial charge is 0.496 e. The molecule has 9 nitrogen and oxygen atoms in total. The molecule has 0 heterocycles. The Morgan fingerprint density at radius 3 is 2.29 bits per heavy atom. The molecule has 0 aromatic heterocycles. The Labute approximate surface area is 219 Å². The van der Waals surface area contributed by atoms with Crippen LogP contribution in [0.4, 0.5) is 18.9 Å². The van der Waals surface area contributed by atoms with Gasteiger partial charge in [0.15, 0.2) is 11.5 Å². The summed E-state index contributed by atoms with van der Waals surface area (Å²) in [5.41, 5.74) is 1.09. The smallest absolute Gasteiger partial charge is 0.416 e. The molecular formula is C25H19ClF3N3O6. The van der Waals surface area contributed by atoms with E-state index in [9.17, 15) is 27.6 Å². The fraction of sp³-hybridized carbons (Fsp3) is 0.120. The van der Waals surface area contributed by atoms with Crippen LogP contribution in [-0.2, 0) is 15.8 Å². The zero-order chi connectivity index (χ0) is 27.9. The molecule has 0 radical (unpaired) electrons. The number of anilines is 1. The van der Waals surface area contributed by atoms with Gasteiger partial charge in [0.05, 0.1) is 36.7 Å². The van der Waals surface area contributed by atoms with Gasteiger partial charge in [-0.25, -0.2) is 10.2 Å². The topological polar surface area (TPSA) is 115 Å². The first-order chi connectivity index (χ1) is 18.0. The van der Waals surface area contributed by atoms with Crippen molar-refractivity contribution in [2.24, 2.45) is 5.10 Å². The zero-order valence-electron chi connectivity index (χ0n) is 19.8. The second kappa shape index (κ2) is 12.1. The lowest BCUT2D eigenvalue weighted by Crippen LogP contribution is -2.32. The second-order valence-corrected chi connectivity index (χ2v) is 7.75. The van der Waals surface area contributed by atoms with Crippen molar-refractivity contribution in [3.63, 3.8) is 0 Å². The molecule has 0 aliphatic carbocycles. The van der Waals surface area contributed by atoms with Crippen LogP contribution in [0.1, 0.15) is 21.5 Å². The summed E-state index contributed by atoms with van der Waals surface area (Å²) < 4.78 is 54.4. The molecule has 0 atom stereocenters. The predicted molar refractivity (Wildman–Crippen MR) is 132 cm³/mol. The van der Waals surface area contributed by atoms with Crippen molar-refractivity contribution in [2.45, 2.75) is 6.18 Å². The average molecular weight is 550 g/mol. The van der Waals surface area contributed by atoms with Crippen LogP contribution in [-0.4, -0.2) is 38.2 Å². The number of nitrogens with zero attached hydrogens (tertiary/aromatic N) is 1. The molecule has 0 spiro atoms. The van der Waals surface area contributed by atoms with E-state index in [2.05, 4.69) is 5.10 Å². The van der Waals surface area contributed by atoms with Gasteiger partial charge in [-0.15, -0.1) is 0 Å². The van der Waals surface area contributed by atoms with Gasteiger partial charge in [-0.05, 0) is 54.1 Å². The molecule has 2 amide bonds. The molecule has 0 bridgehead atoms. The van der Waals surface area contributed by atoms with E-state index in [0.717, 1.165) is 18.3 Å². The van der Waals surface area contributed by atoms with Gasteiger partial charge < -0.3 is 19.5 Å². The number of amides is 2. The van der Waals surface area contributed by atoms with E-state index in [1.165, 1.54) is 38.5 Å². The van der Waals surface area contributed by atoms with Crippen LogP contribution in [0.5, 0.6) is 17.2 Å². The first-order valence-electron chi connectivity index (χ1n) is 10.6. The number of hydrogen-bond donors (Lipinski definition) is 2. The molecule has 13 heteroatoms. The maximum atomic E-state index is 12.9. The van der Waals surface area contributed by atoms with Crippen LogP contribution in [0.25, 0.3) is 0 Å². The van der Waals surface area contributed by atoms with Crippen molar-refractivity contribution in [2.75, 3.05) is 19.5 Å². The van der Waals surface area contributed by atoms with Crippen molar-refractivity contribution < 1.29 is 41.8 Å². The highest BCUT2D eigenvalue weighted by Gasteiger charge is 2.31. The predicted octanol–water partition coefficient (Wildman–Crippen LogP) is 4.68. The third-order valence-corrected chi connectivity index (χ3v) is 5.17. The molecule has 0 fully saturated rings. The first kappa shape index (κ1) is 28.0. The third kappa shape index (κ3) is 7.01. The van der Waals surface area contributed by atoms with E-state index in [1.807, 2.05) is 10.7 Å². The summed E-state index contributed by atoms with van der Waals surface area (Å²) in [5, 5.41) is 5.45. The van der Waals surface area contributed by atoms with Crippen LogP contribution < -0.4 is 25.0 Å². The molecule has 0 saturated heterocycles. The highest BCUT2D eigenvalue weighted by atomic mass is 35.5. The number of para-hydroxylation sites is 1. The molecule has 3 rings (SSSR count). The summed E-state index contributed by atoms with van der Waals surface area (Å²) in [6.07, 6.45) is -3.50. The number of halogens is 4. The SMILES string of the molecule is COc1cc(/C=N/NC(=O)C(=O)Nc2cc(C(F)(F)F)ccc2Cl)ccc1OC(=O)c1ccccc1OC. The lowest BCUT2D eigenvalue weighted by Gasteiger charge is -2.11. The molecule has 0 unspecified atom stereocenters. The number of methoxy groups -OCH3 is 2. The number of rotatable bonds is 7. The van der Waals surface area contributed by atoms with Crippen LogP contribution in [0, 0.1) is 0 Å². The third-order valence-electron chi connectivity index (χ3n) is 4.85. The summed E-state index contributed by atoms with van der Waals surface area (Å²) in [5.74, 6) is -2.64. The number of benzene rings is 3. The Bertz CT molecular complexity index is 1390. The van der Waals surface area contributed by atoms with E-state index in [4.69, 9.17) is 25.8 Å². The van der Waals surface area contributed by atoms with Gasteiger partial charge in [-0.1, -0.05) is 23.7 Å². The van der Waals surface area contributed by atoms with Crippen molar-refractivity contribution >= 4 is 41.3 Å². The van der Waals surface area contributed by atoms with Crippen molar-refractivity contribution in [3.05, 3.63) is 82.4 Å². The lowest BCUT2D eigenvalue weighted by molar-refractivity contribution is -0.137. The average Bonchev–Trinajstić information content (AvgIpc) is 2.89. The molecule has 0 aliphatic rings. The Morgan fingerprint density at radius 2 is 1.61 bits per heavy atom. The molecule has 2 N–H and O–H groups in total. The summed E-state index contributed by atoms with van der Waals surface area (Å²) >= 11 is 5.81. The van der Waals surface area contributed by atoms with E-state index in [0.29, 0.717) is 17.4 Å². The highest BCUT2D eigenvalue weighted by molar-refractivity contribution is 6.41. The van der Waals surface area contributed by atoms with Crippen molar-refractivity contribution in [3.8, 4) is 17.2 Å². The minimum absolute atomic E-state index is 0.0990. The van der Waals surface area contributed by atoms with Gasteiger partial charge in [0.2, 0.25) is 0 Å². The number of hydrogen-bond acceptors (Lipinski definition) is 7. The number of alkyl halides is 3. The summed E-state index contributed by atoms with van der Waals surface area (Å²) in [6.45, 7) is 0. The Hall–Kier alpha value is -4.58. The van der Waals surface area contributed by atoms with Crippen LogP contribution >= 0.6 is 11.6 Å². The van der Waals surface area contributed by atoms with Gasteiger partial charge in [-0.2, -0.15) is 18.3 Å². The van der Waals surface area contributed by atoms with E-state index >= 15 is 0 Å². The number of nitrogens with one attached hydrogen (secondary N) is 2. The van der Waals surface area contributed by atoms with E-state index < -0.39 is 35.2 Å². The molecular weight excluding hydrogens is 531 g/mol. The lowest BCUT2D eigenvalue weighted by atomic mass is 10.2. The quantitative estimate of drug-likeness (QED) is 0.145. The fourth-order valence-electron chi connectivity index (χ4n) is 3.01. The number of ether oxygens (including phenoxy) is 3. The fourth-order valence-corrected chi connectivity index (χ4v) is 3.17. The monoisotopic (exact) mass is 549 g/mol. The maximum absolute atomic E-state index is 12.9. The maximum Gasteiger partial charge on any atom is 0.416 e. The van der Waals surface area contributed by atoms with Gasteiger partial charge in [0.25, 0.3) is 0 Å². The van der Waals surface area contributed by atoms with Crippen molar-refractivity contribution in [1.82, 2.24) is 5.43 Å². The first-order valence-corrected chi connectivity index (χ1v) is 11.0. The van der Waals surface area contributed by atoms with Gasteiger partial charge in [-0.3, -0.25) is 9.59 Å². The molecule has 38 heavy (non-hydrogen) atoms. The molecule has 0 aliphatic heterocycles. The Balaban J connectivity index is 1.64. The normalized spacial score (nSPS) is 11.1. The van der Waals surface area contributed by atoms with Gasteiger partial charge >= 0.3 is 24.0 Å². The van der Waals surface area contributed by atoms with Crippen LogP contribution in [0.2, 0.25) is 5.02 Å². The zero-order valence-corrected chi connectivity index (χ0v) is 20.5. The summed E-state index contributed by atoms with van der Waals surface area (Å²) in [4.78, 5) is 36.6. The highest BCUT2D eigenvalue weighted by Crippen LogP contribution is 2.34. The van der Waals surface area contributed by atoms with Crippen LogP contribution in [0.15, 0.2) is 65.8 Å². The Morgan fingerprint density at radius 1 is 0.895 bits per heavy atom. The van der Waals surface area contributed by atoms with Gasteiger partial charge in [0.1, 0.15) is 11.3 Å². The molecule has 3 aromatic rings. The minimum atomic E-state index is -4.67. The minimum Gasteiger partial charge on any atom is -0.496 e. The Kier molecular flexibility index (Phi) is 8.92. The van der Waals surface area contributed by atoms with Crippen LogP contribution in [0.3, 0.4) is 0 Å². The summed E-state index contributed by atoms with van der Waals surface area (Å²) in [7, 11) is 2.77. The number of hydrazone groups is 1. The number of esters is 1. The summed E-state index contributed by atoms with van der Waals surface area (Å²) in [6, 6.07) is 13.1. The van der Waals surface area contributed by atoms with Crippen molar-refractivity contribution in [1.29, 1.82) is 0 Å². The van der Waals surface area contributed by atoms with Gasteiger partial charge in [0, 0.05) is 0 Å².